The summed E-state index contributed by atoms with van der Waals surface area (Å²) < 4.78 is 0. The molecule has 1 aliphatic heterocycles. The highest BCUT2D eigenvalue weighted by Gasteiger charge is 2.48. The van der Waals surface area contributed by atoms with Crippen molar-refractivity contribution in [2.24, 2.45) is 0 Å². The molecule has 0 radical (unpaired) electrons. The smallest absolute Gasteiger partial charge is 0.329 e. The van der Waals surface area contributed by atoms with E-state index >= 15 is 0 Å². The molecule has 6 nitrogen and oxygen atoms in total. The molecule has 1 aliphatic rings. The van der Waals surface area contributed by atoms with Gasteiger partial charge in [-0.05, 0) is 19.3 Å². The van der Waals surface area contributed by atoms with Crippen LogP contribution in [0.4, 0.5) is 4.79 Å². The van der Waals surface area contributed by atoms with Gasteiger partial charge in [0.25, 0.3) is 0 Å². The first kappa shape index (κ1) is 15.8. The fourth-order valence-corrected chi connectivity index (χ4v) is 3.52. The maximum absolute atomic E-state index is 12.3. The predicted molar refractivity (Wildman–Crippen MR) is 80.5 cm³/mol. The van der Waals surface area contributed by atoms with Crippen molar-refractivity contribution in [3.8, 4) is 0 Å². The van der Waals surface area contributed by atoms with Crippen LogP contribution in [0, 0.1) is 0 Å². The van der Waals surface area contributed by atoms with E-state index in [0.29, 0.717) is 25.9 Å². The van der Waals surface area contributed by atoms with Crippen LogP contribution in [0.15, 0.2) is 11.6 Å². The second-order valence-electron chi connectivity index (χ2n) is 5.40. The third kappa shape index (κ3) is 3.02. The number of nitrogens with zero attached hydrogens (tertiary/aromatic N) is 2. The Balaban J connectivity index is 1.98. The highest BCUT2D eigenvalue weighted by atomic mass is 32.1. The molecule has 21 heavy (non-hydrogen) atoms. The highest BCUT2D eigenvalue weighted by Crippen LogP contribution is 2.32. The summed E-state index contributed by atoms with van der Waals surface area (Å²) in [6.07, 6.45) is 3.42. The van der Waals surface area contributed by atoms with Crippen LogP contribution in [-0.4, -0.2) is 45.6 Å². The van der Waals surface area contributed by atoms with E-state index in [2.05, 4.69) is 10.3 Å². The Morgan fingerprint density at radius 3 is 2.95 bits per heavy atom. The number of amides is 2. The van der Waals surface area contributed by atoms with Crippen molar-refractivity contribution in [2.45, 2.75) is 44.6 Å². The number of urea groups is 1. The molecule has 1 aromatic heterocycles. The van der Waals surface area contributed by atoms with Crippen molar-refractivity contribution >= 4 is 23.3 Å². The van der Waals surface area contributed by atoms with Crippen LogP contribution < -0.4 is 5.32 Å². The van der Waals surface area contributed by atoms with Crippen molar-refractivity contribution in [3.05, 3.63) is 16.6 Å². The average molecular weight is 311 g/mol. The van der Waals surface area contributed by atoms with Gasteiger partial charge < -0.3 is 15.3 Å². The molecule has 116 valence electrons. The lowest BCUT2D eigenvalue weighted by Gasteiger charge is -2.34. The van der Waals surface area contributed by atoms with E-state index in [0.717, 1.165) is 11.4 Å². The summed E-state index contributed by atoms with van der Waals surface area (Å²) >= 11 is 1.55. The Hall–Kier alpha value is -1.63. The molecule has 0 saturated carbocycles. The van der Waals surface area contributed by atoms with E-state index in [-0.39, 0.29) is 11.9 Å². The molecule has 0 aliphatic carbocycles. The van der Waals surface area contributed by atoms with Crippen LogP contribution in [0.3, 0.4) is 0 Å². The summed E-state index contributed by atoms with van der Waals surface area (Å²) in [6.45, 7) is 4.77. The zero-order valence-corrected chi connectivity index (χ0v) is 13.2. The van der Waals surface area contributed by atoms with Gasteiger partial charge in [0.2, 0.25) is 0 Å². The fourth-order valence-electron chi connectivity index (χ4n) is 2.82. The Kier molecular flexibility index (Phi) is 4.82. The van der Waals surface area contributed by atoms with Gasteiger partial charge in [0.05, 0.1) is 5.01 Å². The lowest BCUT2D eigenvalue weighted by molar-refractivity contribution is -0.148. The van der Waals surface area contributed by atoms with E-state index in [9.17, 15) is 14.7 Å². The Bertz CT molecular complexity index is 506. The van der Waals surface area contributed by atoms with Gasteiger partial charge in [0, 0.05) is 30.6 Å². The van der Waals surface area contributed by atoms with Gasteiger partial charge in [-0.3, -0.25) is 0 Å². The monoisotopic (exact) mass is 311 g/mol. The highest BCUT2D eigenvalue weighted by molar-refractivity contribution is 7.09. The molecule has 1 saturated heterocycles. The van der Waals surface area contributed by atoms with Gasteiger partial charge >= 0.3 is 12.0 Å². The van der Waals surface area contributed by atoms with Crippen LogP contribution in [0.2, 0.25) is 0 Å². The van der Waals surface area contributed by atoms with Crippen molar-refractivity contribution in [1.82, 2.24) is 15.2 Å². The van der Waals surface area contributed by atoms with Crippen molar-refractivity contribution < 1.29 is 14.7 Å². The van der Waals surface area contributed by atoms with Crippen LogP contribution in [0.5, 0.6) is 0 Å². The minimum absolute atomic E-state index is 0.123. The molecule has 2 unspecified atom stereocenters. The number of carbonyl (C=O) groups excluding carboxylic acids is 1. The van der Waals surface area contributed by atoms with Crippen LogP contribution in [0.1, 0.15) is 44.0 Å². The molecule has 2 amide bonds. The molecule has 0 bridgehead atoms. The maximum Gasteiger partial charge on any atom is 0.329 e. The molecule has 1 fully saturated rings. The van der Waals surface area contributed by atoms with E-state index < -0.39 is 11.5 Å². The number of aromatic nitrogens is 1. The number of likely N-dealkylation sites (tertiary alicyclic amines) is 1. The summed E-state index contributed by atoms with van der Waals surface area (Å²) in [5.41, 5.74) is -1.05. The summed E-state index contributed by atoms with van der Waals surface area (Å²) in [4.78, 5) is 29.6. The van der Waals surface area contributed by atoms with E-state index in [1.807, 2.05) is 19.2 Å². The number of aliphatic carboxylic acids is 1. The number of hydrogen-bond acceptors (Lipinski definition) is 4. The SMILES string of the molecule is CCC1(C(=O)O)CCCN1C(=O)NCC(C)c1nccs1. The largest absolute Gasteiger partial charge is 0.479 e. The van der Waals surface area contributed by atoms with Crippen molar-refractivity contribution in [2.75, 3.05) is 13.1 Å². The van der Waals surface area contributed by atoms with Crippen LogP contribution in [0.25, 0.3) is 0 Å². The molecule has 0 spiro atoms. The van der Waals surface area contributed by atoms with Gasteiger partial charge in [-0.15, -0.1) is 11.3 Å². The fraction of sp³-hybridized carbons (Fsp3) is 0.643. The van der Waals surface area contributed by atoms with E-state index in [1.54, 1.807) is 17.5 Å². The van der Waals surface area contributed by atoms with Crippen LogP contribution in [-0.2, 0) is 4.79 Å². The average Bonchev–Trinajstić information content (AvgIpc) is 3.13. The molecule has 2 atom stereocenters. The summed E-state index contributed by atoms with van der Waals surface area (Å²) in [5.74, 6) is -0.789. The van der Waals surface area contributed by atoms with Gasteiger partial charge in [-0.1, -0.05) is 13.8 Å². The second kappa shape index (κ2) is 6.43. The summed E-state index contributed by atoms with van der Waals surface area (Å²) in [6, 6.07) is -0.292. The first-order valence-corrected chi connectivity index (χ1v) is 8.07. The van der Waals surface area contributed by atoms with Gasteiger partial charge in [-0.25, -0.2) is 14.6 Å². The molecular weight excluding hydrogens is 290 g/mol. The van der Waals surface area contributed by atoms with Crippen molar-refractivity contribution in [1.29, 1.82) is 0 Å². The molecule has 1 aromatic rings. The molecule has 2 N–H and O–H groups in total. The topological polar surface area (TPSA) is 82.5 Å². The third-order valence-corrected chi connectivity index (χ3v) is 5.16. The standard InChI is InChI=1S/C14H21N3O3S/c1-3-14(12(18)19)5-4-7-17(14)13(20)16-9-10(2)11-15-6-8-21-11/h6,8,10H,3-5,7,9H2,1-2H3,(H,16,20)(H,18,19). The first-order valence-electron chi connectivity index (χ1n) is 7.19. The molecular formula is C14H21N3O3S. The Morgan fingerprint density at radius 2 is 2.38 bits per heavy atom. The normalized spacial score (nSPS) is 23.0. The Labute approximate surface area is 128 Å². The minimum atomic E-state index is -1.05. The number of carbonyl (C=O) groups is 2. The summed E-state index contributed by atoms with van der Waals surface area (Å²) in [5, 5.41) is 15.2. The van der Waals surface area contributed by atoms with E-state index in [4.69, 9.17) is 0 Å². The zero-order valence-electron chi connectivity index (χ0n) is 12.3. The number of nitrogens with one attached hydrogen (secondary N) is 1. The number of rotatable bonds is 5. The number of carboxylic acid groups (broad SMARTS) is 1. The maximum atomic E-state index is 12.3. The van der Waals surface area contributed by atoms with Gasteiger partial charge in [0.1, 0.15) is 5.54 Å². The Morgan fingerprint density at radius 1 is 1.62 bits per heavy atom. The molecule has 0 aromatic carbocycles. The zero-order chi connectivity index (χ0) is 15.5. The number of carboxylic acids is 1. The lowest BCUT2D eigenvalue weighted by Crippen LogP contribution is -2.55. The summed E-state index contributed by atoms with van der Waals surface area (Å²) in [7, 11) is 0. The number of hydrogen-bond donors (Lipinski definition) is 2. The molecule has 2 heterocycles. The second-order valence-corrected chi connectivity index (χ2v) is 6.33. The lowest BCUT2D eigenvalue weighted by atomic mass is 9.93. The van der Waals surface area contributed by atoms with Gasteiger partial charge in [-0.2, -0.15) is 0 Å². The molecule has 2 rings (SSSR count). The van der Waals surface area contributed by atoms with Crippen molar-refractivity contribution in [3.63, 3.8) is 0 Å². The molecule has 7 heteroatoms. The first-order chi connectivity index (χ1) is 10.0. The van der Waals surface area contributed by atoms with E-state index in [1.165, 1.54) is 4.90 Å². The minimum Gasteiger partial charge on any atom is -0.479 e. The van der Waals surface area contributed by atoms with Crippen LogP contribution >= 0.6 is 11.3 Å². The van der Waals surface area contributed by atoms with Gasteiger partial charge in [0.15, 0.2) is 0 Å². The predicted octanol–water partition coefficient (Wildman–Crippen LogP) is 2.29. The number of thiazole rings is 1. The third-order valence-electron chi connectivity index (χ3n) is 4.15. The quantitative estimate of drug-likeness (QED) is 0.874.